The third-order valence-electron chi connectivity index (χ3n) is 2.78. The molecule has 0 aromatic heterocycles. The van der Waals surface area contributed by atoms with Gasteiger partial charge in [-0.15, -0.1) is 24.7 Å². The highest BCUT2D eigenvalue weighted by molar-refractivity contribution is 5.21. The van der Waals surface area contributed by atoms with E-state index >= 15 is 0 Å². The number of hydrogen-bond donors (Lipinski definition) is 0. The molecule has 0 saturated carbocycles. The van der Waals surface area contributed by atoms with Crippen LogP contribution in [0.3, 0.4) is 0 Å². The summed E-state index contributed by atoms with van der Waals surface area (Å²) in [7, 11) is 0. The fourth-order valence-electron chi connectivity index (χ4n) is 1.66. The topological polar surface area (TPSA) is 18.5 Å². The largest absolute Gasteiger partial charge is 0.377 e. The maximum absolute atomic E-state index is 5.54. The molecular formula is C18H22O2. The minimum absolute atomic E-state index is 0.633. The van der Waals surface area contributed by atoms with Gasteiger partial charge in [-0.25, -0.2) is 0 Å². The predicted octanol–water partition coefficient (Wildman–Crippen LogP) is 3.55. The molecule has 0 aliphatic carbocycles. The van der Waals surface area contributed by atoms with Crippen molar-refractivity contribution < 1.29 is 9.47 Å². The number of ether oxygens (including phenoxy) is 2. The van der Waals surface area contributed by atoms with Crippen LogP contribution < -0.4 is 0 Å². The van der Waals surface area contributed by atoms with Crippen LogP contribution in [0.15, 0.2) is 24.3 Å². The van der Waals surface area contributed by atoms with Gasteiger partial charge in [-0.05, 0) is 24.0 Å². The molecule has 0 radical (unpaired) electrons. The van der Waals surface area contributed by atoms with E-state index in [0.717, 1.165) is 25.7 Å². The maximum Gasteiger partial charge on any atom is 0.0716 e. The Kier molecular flexibility index (Phi) is 9.07. The van der Waals surface area contributed by atoms with E-state index in [9.17, 15) is 0 Å². The number of terminal acetylenes is 2. The first-order valence-corrected chi connectivity index (χ1v) is 6.97. The summed E-state index contributed by atoms with van der Waals surface area (Å²) >= 11 is 0. The van der Waals surface area contributed by atoms with Crippen molar-refractivity contribution in [3.05, 3.63) is 35.4 Å². The molecule has 0 unspecified atom stereocenters. The molecule has 2 nitrogen and oxygen atoms in total. The van der Waals surface area contributed by atoms with Crippen LogP contribution in [-0.2, 0) is 22.7 Å². The second kappa shape index (κ2) is 11.1. The molecule has 0 aliphatic rings. The lowest BCUT2D eigenvalue weighted by Gasteiger charge is -2.06. The number of rotatable bonds is 10. The molecule has 1 aromatic carbocycles. The molecule has 0 aliphatic heterocycles. The highest BCUT2D eigenvalue weighted by Gasteiger charge is 1.96. The smallest absolute Gasteiger partial charge is 0.0716 e. The van der Waals surface area contributed by atoms with Crippen LogP contribution in [0.2, 0.25) is 0 Å². The van der Waals surface area contributed by atoms with Gasteiger partial charge >= 0.3 is 0 Å². The van der Waals surface area contributed by atoms with Gasteiger partial charge in [-0.2, -0.15) is 0 Å². The van der Waals surface area contributed by atoms with E-state index in [-0.39, 0.29) is 0 Å². The van der Waals surface area contributed by atoms with Crippen molar-refractivity contribution in [3.63, 3.8) is 0 Å². The summed E-state index contributed by atoms with van der Waals surface area (Å²) in [6.07, 6.45) is 13.7. The van der Waals surface area contributed by atoms with Gasteiger partial charge in [0.15, 0.2) is 0 Å². The minimum atomic E-state index is 0.633. The molecule has 0 atom stereocenters. The number of unbranched alkanes of at least 4 members (excludes halogenated alkanes) is 2. The summed E-state index contributed by atoms with van der Waals surface area (Å²) < 4.78 is 11.1. The van der Waals surface area contributed by atoms with Gasteiger partial charge < -0.3 is 9.47 Å². The SMILES string of the molecule is C#CCCCOCc1ccc(COCCCC#C)cc1. The van der Waals surface area contributed by atoms with E-state index in [2.05, 4.69) is 36.1 Å². The van der Waals surface area contributed by atoms with Gasteiger partial charge in [0.2, 0.25) is 0 Å². The zero-order valence-corrected chi connectivity index (χ0v) is 11.9. The normalized spacial score (nSPS) is 9.90. The molecule has 20 heavy (non-hydrogen) atoms. The van der Waals surface area contributed by atoms with Crippen LogP contribution in [0, 0.1) is 24.7 Å². The molecule has 0 N–H and O–H groups in total. The summed E-state index contributed by atoms with van der Waals surface area (Å²) in [6, 6.07) is 8.28. The van der Waals surface area contributed by atoms with Gasteiger partial charge in [0.05, 0.1) is 13.2 Å². The van der Waals surface area contributed by atoms with Crippen LogP contribution in [0.4, 0.5) is 0 Å². The second-order valence-corrected chi connectivity index (χ2v) is 4.54. The Balaban J connectivity index is 2.16. The van der Waals surface area contributed by atoms with Crippen LogP contribution in [-0.4, -0.2) is 13.2 Å². The van der Waals surface area contributed by atoms with Gasteiger partial charge in [-0.1, -0.05) is 24.3 Å². The summed E-state index contributed by atoms with van der Waals surface area (Å²) in [5.74, 6) is 5.20. The second-order valence-electron chi connectivity index (χ2n) is 4.54. The van der Waals surface area contributed by atoms with Crippen molar-refractivity contribution in [2.75, 3.05) is 13.2 Å². The third kappa shape index (κ3) is 7.64. The Morgan fingerprint density at radius 2 is 1.15 bits per heavy atom. The third-order valence-corrected chi connectivity index (χ3v) is 2.78. The van der Waals surface area contributed by atoms with Crippen LogP contribution in [0.1, 0.15) is 36.8 Å². The molecule has 0 heterocycles. The number of hydrogen-bond acceptors (Lipinski definition) is 2. The Morgan fingerprint density at radius 3 is 1.50 bits per heavy atom. The quantitative estimate of drug-likeness (QED) is 0.478. The lowest BCUT2D eigenvalue weighted by molar-refractivity contribution is 0.117. The molecule has 0 fully saturated rings. The monoisotopic (exact) mass is 270 g/mol. The van der Waals surface area contributed by atoms with Crippen molar-refractivity contribution in [2.45, 2.75) is 38.9 Å². The van der Waals surface area contributed by atoms with Crippen molar-refractivity contribution >= 4 is 0 Å². The summed E-state index contributed by atoms with van der Waals surface area (Å²) in [6.45, 7) is 2.69. The first-order chi connectivity index (χ1) is 9.86. The Labute approximate surface area is 122 Å². The standard InChI is InChI=1S/C18H22O2/c1-3-5-7-13-19-15-17-9-11-18(12-10-17)16-20-14-8-6-4-2/h1-2,9-12H,5-8,13-16H2. The molecule has 0 amide bonds. The van der Waals surface area contributed by atoms with Crippen molar-refractivity contribution in [3.8, 4) is 24.7 Å². The lowest BCUT2D eigenvalue weighted by atomic mass is 10.1. The zero-order chi connectivity index (χ0) is 14.5. The summed E-state index contributed by atoms with van der Waals surface area (Å²) in [5.41, 5.74) is 2.34. The molecule has 1 aromatic rings. The Bertz CT molecular complexity index is 391. The maximum atomic E-state index is 5.54. The van der Waals surface area contributed by atoms with Crippen molar-refractivity contribution in [1.29, 1.82) is 0 Å². The van der Waals surface area contributed by atoms with E-state index in [0.29, 0.717) is 26.4 Å². The average Bonchev–Trinajstić information content (AvgIpc) is 2.48. The highest BCUT2D eigenvalue weighted by Crippen LogP contribution is 2.08. The van der Waals surface area contributed by atoms with Gasteiger partial charge in [-0.3, -0.25) is 0 Å². The van der Waals surface area contributed by atoms with E-state index in [1.807, 2.05) is 0 Å². The van der Waals surface area contributed by atoms with Gasteiger partial charge in [0, 0.05) is 26.1 Å². The highest BCUT2D eigenvalue weighted by atomic mass is 16.5. The van der Waals surface area contributed by atoms with E-state index in [1.165, 1.54) is 11.1 Å². The van der Waals surface area contributed by atoms with Gasteiger partial charge in [0.1, 0.15) is 0 Å². The fraction of sp³-hybridized carbons (Fsp3) is 0.444. The summed E-state index contributed by atoms with van der Waals surface area (Å²) in [4.78, 5) is 0. The zero-order valence-electron chi connectivity index (χ0n) is 11.9. The number of benzene rings is 1. The molecular weight excluding hydrogens is 248 g/mol. The van der Waals surface area contributed by atoms with Gasteiger partial charge in [0.25, 0.3) is 0 Å². The predicted molar refractivity (Wildman–Crippen MR) is 81.9 cm³/mol. The van der Waals surface area contributed by atoms with Crippen molar-refractivity contribution in [2.24, 2.45) is 0 Å². The van der Waals surface area contributed by atoms with E-state index in [1.54, 1.807) is 0 Å². The molecule has 106 valence electrons. The van der Waals surface area contributed by atoms with Crippen LogP contribution in [0.5, 0.6) is 0 Å². The minimum Gasteiger partial charge on any atom is -0.377 e. The Morgan fingerprint density at radius 1 is 0.750 bits per heavy atom. The van der Waals surface area contributed by atoms with Crippen LogP contribution in [0.25, 0.3) is 0 Å². The Hall–Kier alpha value is -1.74. The first-order valence-electron chi connectivity index (χ1n) is 6.97. The molecule has 0 bridgehead atoms. The van der Waals surface area contributed by atoms with E-state index in [4.69, 9.17) is 22.3 Å². The first kappa shape index (κ1) is 16.3. The summed E-state index contributed by atoms with van der Waals surface area (Å²) in [5, 5.41) is 0. The van der Waals surface area contributed by atoms with E-state index < -0.39 is 0 Å². The average molecular weight is 270 g/mol. The molecule has 0 saturated heterocycles. The van der Waals surface area contributed by atoms with Crippen LogP contribution >= 0.6 is 0 Å². The fourth-order valence-corrected chi connectivity index (χ4v) is 1.66. The molecule has 2 heteroatoms. The lowest BCUT2D eigenvalue weighted by Crippen LogP contribution is -1.97. The van der Waals surface area contributed by atoms with Crippen molar-refractivity contribution in [1.82, 2.24) is 0 Å². The molecule has 0 spiro atoms. The molecule has 1 rings (SSSR count).